The third kappa shape index (κ3) is 3.64. The second-order valence-corrected chi connectivity index (χ2v) is 6.41. The van der Waals surface area contributed by atoms with Crippen molar-refractivity contribution in [1.82, 2.24) is 15.3 Å². The van der Waals surface area contributed by atoms with Gasteiger partial charge in [0, 0.05) is 30.0 Å². The molecule has 1 aromatic heterocycles. The summed E-state index contributed by atoms with van der Waals surface area (Å²) in [5, 5.41) is 7.12. The predicted octanol–water partition coefficient (Wildman–Crippen LogP) is 3.37. The van der Waals surface area contributed by atoms with Crippen molar-refractivity contribution in [3.63, 3.8) is 0 Å². The minimum atomic E-state index is -0.292. The highest BCUT2D eigenvalue weighted by Gasteiger charge is 2.28. The third-order valence-electron chi connectivity index (χ3n) is 4.37. The van der Waals surface area contributed by atoms with Crippen molar-refractivity contribution in [3.05, 3.63) is 54.3 Å². The molecule has 2 aromatic carbocycles. The summed E-state index contributed by atoms with van der Waals surface area (Å²) in [5.74, 6) is 1.29. The Morgan fingerprint density at radius 3 is 2.58 bits per heavy atom. The lowest BCUT2D eigenvalue weighted by atomic mass is 10.2. The number of hydrogen-bond acceptors (Lipinski definition) is 4. The average Bonchev–Trinajstić information content (AvgIpc) is 3.50. The Kier molecular flexibility index (Phi) is 4.48. The van der Waals surface area contributed by atoms with Crippen molar-refractivity contribution >= 4 is 22.6 Å². The molecule has 1 aliphatic rings. The topological polar surface area (TPSA) is 66.9 Å². The maximum Gasteiger partial charge on any atom is 0.223 e. The van der Waals surface area contributed by atoms with E-state index in [-0.39, 0.29) is 17.6 Å². The number of aromatic nitrogens is 2. The fourth-order valence-corrected chi connectivity index (χ4v) is 2.80. The number of amides is 1. The Balaban J connectivity index is 1.55. The van der Waals surface area contributed by atoms with Crippen molar-refractivity contribution < 1.29 is 9.18 Å². The number of fused-ring (bicyclic) bond motifs is 1. The molecule has 0 radical (unpaired) electrons. The first-order valence-corrected chi connectivity index (χ1v) is 8.75. The Morgan fingerprint density at radius 2 is 1.81 bits per heavy atom. The van der Waals surface area contributed by atoms with Gasteiger partial charge in [0.15, 0.2) is 5.82 Å². The SMILES string of the molecule is O=C(NCCNc1nc(-c2ccc(F)cc2)nc2ccccc12)C1CC1. The van der Waals surface area contributed by atoms with Crippen LogP contribution in [0.4, 0.5) is 10.2 Å². The number of rotatable bonds is 6. The van der Waals surface area contributed by atoms with Crippen LogP contribution in [0.5, 0.6) is 0 Å². The van der Waals surface area contributed by atoms with Crippen LogP contribution >= 0.6 is 0 Å². The standard InChI is InChI=1S/C20H19FN4O/c21-15-9-7-13(8-10-15)18-24-17-4-2-1-3-16(17)19(25-18)22-11-12-23-20(26)14-5-6-14/h1-4,7-10,14H,5-6,11-12H2,(H,23,26)(H,22,24,25). The number of halogens is 1. The molecule has 1 amide bonds. The monoisotopic (exact) mass is 350 g/mol. The summed E-state index contributed by atoms with van der Waals surface area (Å²) in [6.45, 7) is 1.11. The highest BCUT2D eigenvalue weighted by molar-refractivity contribution is 5.90. The molecule has 0 aliphatic heterocycles. The summed E-state index contributed by atoms with van der Waals surface area (Å²) in [6.07, 6.45) is 1.99. The molecule has 6 heteroatoms. The lowest BCUT2D eigenvalue weighted by Gasteiger charge is -2.11. The quantitative estimate of drug-likeness (QED) is 0.669. The van der Waals surface area contributed by atoms with Crippen LogP contribution < -0.4 is 10.6 Å². The van der Waals surface area contributed by atoms with Crippen LogP contribution in [0.3, 0.4) is 0 Å². The van der Waals surface area contributed by atoms with Gasteiger partial charge in [0.1, 0.15) is 11.6 Å². The van der Waals surface area contributed by atoms with E-state index in [4.69, 9.17) is 0 Å². The van der Waals surface area contributed by atoms with Crippen molar-refractivity contribution in [1.29, 1.82) is 0 Å². The molecule has 2 N–H and O–H groups in total. The van der Waals surface area contributed by atoms with Gasteiger partial charge in [0.25, 0.3) is 0 Å². The predicted molar refractivity (Wildman–Crippen MR) is 99.2 cm³/mol. The molecule has 4 rings (SSSR count). The number of benzene rings is 2. The largest absolute Gasteiger partial charge is 0.368 e. The molecular formula is C20H19FN4O. The summed E-state index contributed by atoms with van der Waals surface area (Å²) >= 11 is 0. The van der Waals surface area contributed by atoms with Crippen LogP contribution in [0, 0.1) is 11.7 Å². The van der Waals surface area contributed by atoms with Crippen LogP contribution in [0.15, 0.2) is 48.5 Å². The van der Waals surface area contributed by atoms with E-state index < -0.39 is 0 Å². The summed E-state index contributed by atoms with van der Waals surface area (Å²) in [7, 11) is 0. The summed E-state index contributed by atoms with van der Waals surface area (Å²) in [6, 6.07) is 13.9. The van der Waals surface area contributed by atoms with Gasteiger partial charge in [-0.1, -0.05) is 12.1 Å². The van der Waals surface area contributed by atoms with E-state index in [0.29, 0.717) is 24.7 Å². The molecule has 5 nitrogen and oxygen atoms in total. The summed E-state index contributed by atoms with van der Waals surface area (Å²) in [5.41, 5.74) is 1.56. The van der Waals surface area contributed by atoms with Gasteiger partial charge in [-0.2, -0.15) is 0 Å². The van der Waals surface area contributed by atoms with E-state index in [1.165, 1.54) is 12.1 Å². The van der Waals surface area contributed by atoms with E-state index in [1.54, 1.807) is 12.1 Å². The van der Waals surface area contributed by atoms with Gasteiger partial charge < -0.3 is 10.6 Å². The van der Waals surface area contributed by atoms with E-state index >= 15 is 0 Å². The van der Waals surface area contributed by atoms with Crippen molar-refractivity contribution in [2.24, 2.45) is 5.92 Å². The van der Waals surface area contributed by atoms with Gasteiger partial charge in [-0.15, -0.1) is 0 Å². The van der Waals surface area contributed by atoms with Crippen molar-refractivity contribution in [2.45, 2.75) is 12.8 Å². The second kappa shape index (κ2) is 7.07. The number of nitrogens with one attached hydrogen (secondary N) is 2. The molecule has 0 bridgehead atoms. The second-order valence-electron chi connectivity index (χ2n) is 6.41. The minimum Gasteiger partial charge on any atom is -0.368 e. The Hall–Kier alpha value is -3.02. The first kappa shape index (κ1) is 16.4. The zero-order valence-electron chi connectivity index (χ0n) is 14.2. The van der Waals surface area contributed by atoms with Crippen LogP contribution in [0.25, 0.3) is 22.3 Å². The van der Waals surface area contributed by atoms with Crippen molar-refractivity contribution in [2.75, 3.05) is 18.4 Å². The molecule has 0 saturated heterocycles. The number of nitrogens with zero attached hydrogens (tertiary/aromatic N) is 2. The normalized spacial score (nSPS) is 13.6. The first-order valence-electron chi connectivity index (χ1n) is 8.75. The molecule has 0 spiro atoms. The minimum absolute atomic E-state index is 0.131. The number of carbonyl (C=O) groups excluding carboxylic acids is 1. The fraction of sp³-hybridized carbons (Fsp3) is 0.250. The smallest absolute Gasteiger partial charge is 0.223 e. The van der Waals surface area contributed by atoms with Gasteiger partial charge in [-0.05, 0) is 49.2 Å². The molecular weight excluding hydrogens is 331 g/mol. The average molecular weight is 350 g/mol. The molecule has 0 atom stereocenters. The van der Waals surface area contributed by atoms with Gasteiger partial charge in [-0.25, -0.2) is 14.4 Å². The Bertz CT molecular complexity index is 938. The Labute approximate surface area is 150 Å². The van der Waals surface area contributed by atoms with Gasteiger partial charge in [0.05, 0.1) is 5.52 Å². The lowest BCUT2D eigenvalue weighted by molar-refractivity contribution is -0.122. The van der Waals surface area contributed by atoms with Gasteiger partial charge in [-0.3, -0.25) is 4.79 Å². The molecule has 26 heavy (non-hydrogen) atoms. The zero-order chi connectivity index (χ0) is 17.9. The summed E-state index contributed by atoms with van der Waals surface area (Å²) in [4.78, 5) is 20.9. The van der Waals surface area contributed by atoms with Crippen LogP contribution in [0.1, 0.15) is 12.8 Å². The highest BCUT2D eigenvalue weighted by Crippen LogP contribution is 2.28. The van der Waals surface area contributed by atoms with Gasteiger partial charge >= 0.3 is 0 Å². The summed E-state index contributed by atoms with van der Waals surface area (Å²) < 4.78 is 13.2. The van der Waals surface area contributed by atoms with E-state index in [2.05, 4.69) is 20.6 Å². The maximum absolute atomic E-state index is 13.2. The van der Waals surface area contributed by atoms with Crippen LogP contribution in [0.2, 0.25) is 0 Å². The highest BCUT2D eigenvalue weighted by atomic mass is 19.1. The van der Waals surface area contributed by atoms with Gasteiger partial charge in [0.2, 0.25) is 5.91 Å². The molecule has 3 aromatic rings. The molecule has 1 aliphatic carbocycles. The first-order chi connectivity index (χ1) is 12.7. The lowest BCUT2D eigenvalue weighted by Crippen LogP contribution is -2.30. The van der Waals surface area contributed by atoms with Crippen molar-refractivity contribution in [3.8, 4) is 11.4 Å². The molecule has 1 saturated carbocycles. The van der Waals surface area contributed by atoms with E-state index in [1.807, 2.05) is 24.3 Å². The van der Waals surface area contributed by atoms with Crippen LogP contribution in [-0.4, -0.2) is 29.0 Å². The number of anilines is 1. The third-order valence-corrected chi connectivity index (χ3v) is 4.37. The fourth-order valence-electron chi connectivity index (χ4n) is 2.80. The van der Waals surface area contributed by atoms with Crippen LogP contribution in [-0.2, 0) is 4.79 Å². The Morgan fingerprint density at radius 1 is 1.04 bits per heavy atom. The van der Waals surface area contributed by atoms with E-state index in [0.717, 1.165) is 29.3 Å². The number of para-hydroxylation sites is 1. The number of carbonyl (C=O) groups is 1. The maximum atomic E-state index is 13.2. The molecule has 132 valence electrons. The molecule has 1 heterocycles. The molecule has 1 fully saturated rings. The van der Waals surface area contributed by atoms with E-state index in [9.17, 15) is 9.18 Å². The number of hydrogen-bond donors (Lipinski definition) is 2. The molecule has 0 unspecified atom stereocenters. The zero-order valence-corrected chi connectivity index (χ0v) is 14.2.